The first kappa shape index (κ1) is 16.0. The van der Waals surface area contributed by atoms with Crippen LogP contribution in [-0.2, 0) is 6.54 Å². The third-order valence-electron chi connectivity index (χ3n) is 3.63. The molecule has 0 amide bonds. The Morgan fingerprint density at radius 1 is 1.19 bits per heavy atom. The minimum atomic E-state index is -0.311. The zero-order valence-corrected chi connectivity index (χ0v) is 13.1. The first-order valence-corrected chi connectivity index (χ1v) is 7.30. The van der Waals surface area contributed by atoms with Gasteiger partial charge in [-0.2, -0.15) is 0 Å². The highest BCUT2D eigenvalue weighted by molar-refractivity contribution is 6.30. The largest absolute Gasteiger partial charge is 0.329 e. The summed E-state index contributed by atoms with van der Waals surface area (Å²) in [7, 11) is 1.95. The van der Waals surface area contributed by atoms with E-state index in [0.717, 1.165) is 0 Å². The summed E-state index contributed by atoms with van der Waals surface area (Å²) in [6.45, 7) is 3.12. The lowest BCUT2D eigenvalue weighted by atomic mass is 10.0. The molecule has 1 atom stereocenters. The fourth-order valence-corrected chi connectivity index (χ4v) is 2.57. The van der Waals surface area contributed by atoms with E-state index in [2.05, 4.69) is 36.1 Å². The number of benzene rings is 2. The summed E-state index contributed by atoms with van der Waals surface area (Å²) >= 11 is 5.80. The minimum Gasteiger partial charge on any atom is -0.329 e. The van der Waals surface area contributed by atoms with Crippen LogP contribution in [0, 0.1) is 12.7 Å². The second kappa shape index (κ2) is 7.03. The molecule has 0 aliphatic rings. The molecule has 112 valence electrons. The lowest BCUT2D eigenvalue weighted by Gasteiger charge is -2.28. The van der Waals surface area contributed by atoms with Gasteiger partial charge in [-0.05, 0) is 31.7 Å². The molecule has 0 aliphatic carbocycles. The molecule has 2 aromatic carbocycles. The molecule has 21 heavy (non-hydrogen) atoms. The Morgan fingerprint density at radius 3 is 2.43 bits per heavy atom. The van der Waals surface area contributed by atoms with E-state index >= 15 is 0 Å². The Balaban J connectivity index is 2.18. The molecule has 0 bridgehead atoms. The lowest BCUT2D eigenvalue weighted by molar-refractivity contribution is 0.236. The first-order valence-electron chi connectivity index (χ1n) is 6.92. The number of nitrogens with zero attached hydrogens (tertiary/aromatic N) is 1. The number of likely N-dealkylation sites (N-methyl/N-ethyl adjacent to an activating group) is 1. The fraction of sp³-hybridized carbons (Fsp3) is 0.294. The van der Waals surface area contributed by atoms with Gasteiger partial charge >= 0.3 is 0 Å². The molecule has 1 unspecified atom stereocenters. The van der Waals surface area contributed by atoms with Gasteiger partial charge in [0.25, 0.3) is 0 Å². The molecule has 2 rings (SSSR count). The van der Waals surface area contributed by atoms with Crippen LogP contribution in [0.5, 0.6) is 0 Å². The van der Waals surface area contributed by atoms with E-state index in [0.29, 0.717) is 23.7 Å². The number of halogens is 2. The van der Waals surface area contributed by atoms with E-state index in [1.54, 1.807) is 12.1 Å². The van der Waals surface area contributed by atoms with Crippen LogP contribution in [0.3, 0.4) is 0 Å². The van der Waals surface area contributed by atoms with Gasteiger partial charge in [0.05, 0.1) is 0 Å². The summed E-state index contributed by atoms with van der Waals surface area (Å²) in [5.74, 6) is -0.311. The van der Waals surface area contributed by atoms with Crippen molar-refractivity contribution in [2.45, 2.75) is 19.5 Å². The molecule has 2 aromatic rings. The van der Waals surface area contributed by atoms with Crippen LogP contribution >= 0.6 is 11.6 Å². The Morgan fingerprint density at radius 2 is 1.86 bits per heavy atom. The Bertz CT molecular complexity index is 598. The summed E-state index contributed by atoms with van der Waals surface area (Å²) in [5, 5.41) is 0.396. The van der Waals surface area contributed by atoms with Gasteiger partial charge in [0.15, 0.2) is 0 Å². The van der Waals surface area contributed by atoms with Crippen molar-refractivity contribution in [1.29, 1.82) is 0 Å². The highest BCUT2D eigenvalue weighted by atomic mass is 35.5. The zero-order chi connectivity index (χ0) is 15.4. The van der Waals surface area contributed by atoms with Gasteiger partial charge in [-0.15, -0.1) is 0 Å². The molecular weight excluding hydrogens is 287 g/mol. The molecule has 2 N–H and O–H groups in total. The molecule has 0 heterocycles. The summed E-state index contributed by atoms with van der Waals surface area (Å²) in [6.07, 6.45) is 0. The van der Waals surface area contributed by atoms with Crippen molar-refractivity contribution in [2.24, 2.45) is 5.73 Å². The standard InChI is InChI=1S/C17H20ClFN2/c1-12-3-5-13(6-4-12)11-21(2)17(10-20)15-8-7-14(18)9-16(15)19/h3-9,17H,10-11,20H2,1-2H3. The number of nitrogens with two attached hydrogens (primary N) is 1. The maximum absolute atomic E-state index is 14.1. The second-order valence-corrected chi connectivity index (χ2v) is 5.75. The molecule has 0 saturated carbocycles. The van der Waals surface area contributed by atoms with Crippen molar-refractivity contribution in [2.75, 3.05) is 13.6 Å². The maximum atomic E-state index is 14.1. The van der Waals surface area contributed by atoms with Crippen LogP contribution in [0.4, 0.5) is 4.39 Å². The van der Waals surface area contributed by atoms with Gasteiger partial charge < -0.3 is 5.73 Å². The van der Waals surface area contributed by atoms with Gasteiger partial charge in [-0.25, -0.2) is 4.39 Å². The highest BCUT2D eigenvalue weighted by Gasteiger charge is 2.19. The summed E-state index contributed by atoms with van der Waals surface area (Å²) in [4.78, 5) is 2.05. The van der Waals surface area contributed by atoms with E-state index in [-0.39, 0.29) is 11.9 Å². The summed E-state index contributed by atoms with van der Waals surface area (Å²) in [6, 6.07) is 12.9. The molecule has 0 aromatic heterocycles. The monoisotopic (exact) mass is 306 g/mol. The molecule has 0 spiro atoms. The van der Waals surface area contributed by atoms with Crippen LogP contribution in [0.15, 0.2) is 42.5 Å². The van der Waals surface area contributed by atoms with Gasteiger partial charge in [0.2, 0.25) is 0 Å². The second-order valence-electron chi connectivity index (χ2n) is 5.32. The van der Waals surface area contributed by atoms with Crippen LogP contribution in [0.1, 0.15) is 22.7 Å². The van der Waals surface area contributed by atoms with Crippen LogP contribution in [-0.4, -0.2) is 18.5 Å². The number of rotatable bonds is 5. The molecule has 0 radical (unpaired) electrons. The number of aryl methyl sites for hydroxylation is 1. The third-order valence-corrected chi connectivity index (χ3v) is 3.86. The molecule has 0 saturated heterocycles. The van der Waals surface area contributed by atoms with Crippen molar-refractivity contribution < 1.29 is 4.39 Å². The van der Waals surface area contributed by atoms with E-state index in [1.807, 2.05) is 7.05 Å². The van der Waals surface area contributed by atoms with Crippen molar-refractivity contribution >= 4 is 11.6 Å². The maximum Gasteiger partial charge on any atom is 0.129 e. The summed E-state index contributed by atoms with van der Waals surface area (Å²) in [5.41, 5.74) is 8.83. The number of hydrogen-bond donors (Lipinski definition) is 1. The predicted octanol–water partition coefficient (Wildman–Crippen LogP) is 3.92. The molecule has 4 heteroatoms. The van der Waals surface area contributed by atoms with E-state index < -0.39 is 0 Å². The van der Waals surface area contributed by atoms with Gasteiger partial charge in [0, 0.05) is 29.7 Å². The first-order chi connectivity index (χ1) is 10.0. The Hall–Kier alpha value is -1.42. The Kier molecular flexibility index (Phi) is 5.34. The zero-order valence-electron chi connectivity index (χ0n) is 12.3. The average molecular weight is 307 g/mol. The lowest BCUT2D eigenvalue weighted by Crippen LogP contribution is -2.30. The van der Waals surface area contributed by atoms with Crippen LogP contribution in [0.2, 0.25) is 5.02 Å². The quantitative estimate of drug-likeness (QED) is 0.907. The van der Waals surface area contributed by atoms with E-state index in [9.17, 15) is 4.39 Å². The van der Waals surface area contributed by atoms with Crippen molar-refractivity contribution in [3.05, 3.63) is 70.0 Å². The SMILES string of the molecule is Cc1ccc(CN(C)C(CN)c2ccc(Cl)cc2F)cc1. The minimum absolute atomic E-state index is 0.177. The third kappa shape index (κ3) is 4.03. The number of hydrogen-bond acceptors (Lipinski definition) is 2. The van der Waals surface area contributed by atoms with Gasteiger partial charge in [-0.1, -0.05) is 47.5 Å². The van der Waals surface area contributed by atoms with E-state index in [4.69, 9.17) is 17.3 Å². The molecule has 2 nitrogen and oxygen atoms in total. The van der Waals surface area contributed by atoms with Gasteiger partial charge in [-0.3, -0.25) is 4.90 Å². The highest BCUT2D eigenvalue weighted by Crippen LogP contribution is 2.25. The van der Waals surface area contributed by atoms with Crippen molar-refractivity contribution in [3.63, 3.8) is 0 Å². The fourth-order valence-electron chi connectivity index (χ4n) is 2.41. The molecular formula is C17H20ClFN2. The molecule has 0 aliphatic heterocycles. The van der Waals surface area contributed by atoms with Crippen LogP contribution in [0.25, 0.3) is 0 Å². The van der Waals surface area contributed by atoms with Crippen molar-refractivity contribution in [3.8, 4) is 0 Å². The molecule has 0 fully saturated rings. The predicted molar refractivity (Wildman–Crippen MR) is 85.9 cm³/mol. The van der Waals surface area contributed by atoms with Gasteiger partial charge in [0.1, 0.15) is 5.82 Å². The summed E-state index contributed by atoms with van der Waals surface area (Å²) < 4.78 is 14.1. The Labute approximate surface area is 130 Å². The smallest absolute Gasteiger partial charge is 0.129 e. The normalized spacial score (nSPS) is 12.7. The van der Waals surface area contributed by atoms with E-state index in [1.165, 1.54) is 17.2 Å². The van der Waals surface area contributed by atoms with Crippen LogP contribution < -0.4 is 5.73 Å². The average Bonchev–Trinajstić information content (AvgIpc) is 2.44. The van der Waals surface area contributed by atoms with Crippen molar-refractivity contribution in [1.82, 2.24) is 4.90 Å². The topological polar surface area (TPSA) is 29.3 Å².